The summed E-state index contributed by atoms with van der Waals surface area (Å²) in [5.74, 6) is 0. The van der Waals surface area contributed by atoms with Gasteiger partial charge in [-0.2, -0.15) is 0 Å². The molecule has 1 unspecified atom stereocenters. The molecule has 0 aliphatic carbocycles. The first-order chi connectivity index (χ1) is 18.5. The maximum atomic E-state index is 12.0. The van der Waals surface area contributed by atoms with Crippen LogP contribution in [0, 0.1) is 0 Å². The molecule has 3 aliphatic rings. The Hall–Kier alpha value is -3.70. The van der Waals surface area contributed by atoms with E-state index in [1.54, 1.807) is 21.9 Å². The maximum Gasteiger partial charge on any atom is 0.410 e. The Labute approximate surface area is 233 Å². The Kier molecular flexibility index (Phi) is 7.35. The Morgan fingerprint density at radius 2 is 1.50 bits per heavy atom. The number of carbonyl (C=O) groups excluding carboxylic acids is 2. The van der Waals surface area contributed by atoms with E-state index in [4.69, 9.17) is 9.47 Å². The first kappa shape index (κ1) is 29.3. The quantitative estimate of drug-likeness (QED) is 0.493. The summed E-state index contributed by atoms with van der Waals surface area (Å²) in [6, 6.07) is 3.47. The summed E-state index contributed by atoms with van der Waals surface area (Å²) in [6.45, 7) is 19.2. The van der Waals surface area contributed by atoms with E-state index in [-0.39, 0.29) is 40.2 Å². The molecule has 3 aliphatic heterocycles. The number of carbonyl (C=O) groups is 2. The van der Waals surface area contributed by atoms with E-state index in [1.165, 1.54) is 6.07 Å². The third kappa shape index (κ3) is 5.90. The molecule has 2 amide bonds. The average Bonchev–Trinajstić information content (AvgIpc) is 3.42. The zero-order chi connectivity index (χ0) is 29.7. The van der Waals surface area contributed by atoms with Gasteiger partial charge in [-0.25, -0.2) is 9.59 Å². The number of aromatic amines is 3. The number of hydrogen-bond acceptors (Lipinski definition) is 6. The highest BCUT2D eigenvalue weighted by Gasteiger charge is 2.54. The largest absolute Gasteiger partial charge is 0.444 e. The molecule has 2 saturated heterocycles. The molecular weight excluding hydrogens is 516 g/mol. The minimum atomic E-state index is -0.504. The molecule has 220 valence electrons. The Bertz CT molecular complexity index is 1370. The van der Waals surface area contributed by atoms with Crippen molar-refractivity contribution in [3.63, 3.8) is 0 Å². The van der Waals surface area contributed by atoms with Crippen molar-refractivity contribution < 1.29 is 19.1 Å². The second kappa shape index (κ2) is 10.0. The van der Waals surface area contributed by atoms with Crippen molar-refractivity contribution in [1.82, 2.24) is 29.8 Å². The van der Waals surface area contributed by atoms with Gasteiger partial charge in [0.1, 0.15) is 11.2 Å². The highest BCUT2D eigenvalue weighted by atomic mass is 16.6. The fourth-order valence-corrected chi connectivity index (χ4v) is 5.80. The second-order valence-electron chi connectivity index (χ2n) is 13.3. The molecular formula is C28H42N6O6. The van der Waals surface area contributed by atoms with E-state index in [2.05, 4.69) is 28.8 Å². The topological polar surface area (TPSA) is 146 Å². The predicted molar refractivity (Wildman–Crippen MR) is 150 cm³/mol. The third-order valence-electron chi connectivity index (χ3n) is 7.41. The number of H-pyrrole nitrogens is 3. The molecule has 2 aromatic rings. The van der Waals surface area contributed by atoms with Crippen LogP contribution in [0.15, 0.2) is 34.4 Å². The second-order valence-corrected chi connectivity index (χ2v) is 13.3. The van der Waals surface area contributed by atoms with E-state index in [0.29, 0.717) is 32.6 Å². The number of nitrogens with zero attached hydrogens (tertiary/aromatic N) is 3. The maximum absolute atomic E-state index is 12.0. The van der Waals surface area contributed by atoms with E-state index < -0.39 is 11.2 Å². The number of aromatic nitrogens is 4. The van der Waals surface area contributed by atoms with Crippen molar-refractivity contribution >= 4 is 12.2 Å². The van der Waals surface area contributed by atoms with Gasteiger partial charge in [0.05, 0.1) is 11.1 Å². The zero-order valence-electron chi connectivity index (χ0n) is 24.6. The standard InChI is InChI=1S/2C14H21N3O3/c1-9-6-14(10-5-11(18)15-17(9)10)7-16(8-14)12(19)20-13(2,3)4;1-5-6-14(10-7-11(18)16-15-10)8-17(9-14)12(19)20-13(2,3)4/h5,9H,6-8H2,1-4H3,(H,15,18);5,7H,1,6,8-9H2,2-4H3,(H2,15,16,18). The average molecular weight is 559 g/mol. The molecule has 12 heteroatoms. The number of fused-ring (bicyclic) bond motifs is 2. The monoisotopic (exact) mass is 558 g/mol. The number of ether oxygens (including phenoxy) is 2. The summed E-state index contributed by atoms with van der Waals surface area (Å²) in [4.78, 5) is 50.1. The lowest BCUT2D eigenvalue weighted by molar-refractivity contribution is -0.0110. The summed E-state index contributed by atoms with van der Waals surface area (Å²) < 4.78 is 12.6. The van der Waals surface area contributed by atoms with E-state index >= 15 is 0 Å². The van der Waals surface area contributed by atoms with Crippen LogP contribution in [-0.2, 0) is 20.3 Å². The lowest BCUT2D eigenvalue weighted by Crippen LogP contribution is -2.61. The first-order valence-corrected chi connectivity index (χ1v) is 13.6. The Morgan fingerprint density at radius 3 is 1.98 bits per heavy atom. The van der Waals surface area contributed by atoms with Crippen LogP contribution in [0.4, 0.5) is 9.59 Å². The smallest absolute Gasteiger partial charge is 0.410 e. The molecule has 1 atom stereocenters. The van der Waals surface area contributed by atoms with Crippen LogP contribution in [-0.4, -0.2) is 79.3 Å². The lowest BCUT2D eigenvalue weighted by atomic mass is 9.74. The van der Waals surface area contributed by atoms with Crippen LogP contribution in [0.5, 0.6) is 0 Å². The van der Waals surface area contributed by atoms with E-state index in [9.17, 15) is 19.2 Å². The molecule has 2 fully saturated rings. The minimum absolute atomic E-state index is 0.0679. The van der Waals surface area contributed by atoms with Crippen LogP contribution in [0.2, 0.25) is 0 Å². The molecule has 3 N–H and O–H groups in total. The van der Waals surface area contributed by atoms with Gasteiger partial charge in [0, 0.05) is 55.5 Å². The van der Waals surface area contributed by atoms with E-state index in [0.717, 1.165) is 17.8 Å². The van der Waals surface area contributed by atoms with Gasteiger partial charge < -0.3 is 24.4 Å². The Morgan fingerprint density at radius 1 is 0.950 bits per heavy atom. The summed E-state index contributed by atoms with van der Waals surface area (Å²) in [6.07, 6.45) is 2.86. The lowest BCUT2D eigenvalue weighted by Gasteiger charge is -2.49. The summed E-state index contributed by atoms with van der Waals surface area (Å²) in [7, 11) is 0. The van der Waals surface area contributed by atoms with Crippen molar-refractivity contribution in [2.45, 2.75) is 89.4 Å². The van der Waals surface area contributed by atoms with Crippen molar-refractivity contribution in [3.8, 4) is 0 Å². The van der Waals surface area contributed by atoms with Gasteiger partial charge >= 0.3 is 12.2 Å². The SMILES string of the molecule is C=CCC1(c2cc(=O)[nH][nH]2)CN(C(=O)OC(C)(C)C)C1.CC1CC2(CN(C(=O)OC(C)(C)C)C2)c2cc(=O)[nH]n21. The van der Waals surface area contributed by atoms with Gasteiger partial charge in [-0.3, -0.25) is 24.5 Å². The van der Waals surface area contributed by atoms with Crippen molar-refractivity contribution in [3.05, 3.63) is 56.9 Å². The number of rotatable bonds is 3. The van der Waals surface area contributed by atoms with Gasteiger partial charge in [-0.1, -0.05) is 6.08 Å². The molecule has 5 rings (SSSR count). The fourth-order valence-electron chi connectivity index (χ4n) is 5.80. The van der Waals surface area contributed by atoms with Crippen LogP contribution >= 0.6 is 0 Å². The number of likely N-dealkylation sites (tertiary alicyclic amines) is 2. The molecule has 2 aromatic heterocycles. The highest BCUT2D eigenvalue weighted by Crippen LogP contribution is 2.46. The molecule has 40 heavy (non-hydrogen) atoms. The zero-order valence-corrected chi connectivity index (χ0v) is 24.6. The number of allylic oxidation sites excluding steroid dienone is 1. The summed E-state index contributed by atoms with van der Waals surface area (Å²) >= 11 is 0. The first-order valence-electron chi connectivity index (χ1n) is 13.6. The van der Waals surface area contributed by atoms with Crippen LogP contribution in [0.3, 0.4) is 0 Å². The Balaban J connectivity index is 0.000000185. The van der Waals surface area contributed by atoms with Crippen LogP contribution < -0.4 is 11.1 Å². The highest BCUT2D eigenvalue weighted by molar-refractivity contribution is 5.70. The summed E-state index contributed by atoms with van der Waals surface area (Å²) in [5.41, 5.74) is 0.278. The molecule has 12 nitrogen and oxygen atoms in total. The summed E-state index contributed by atoms with van der Waals surface area (Å²) in [5, 5.41) is 8.25. The van der Waals surface area contributed by atoms with Crippen LogP contribution in [0.25, 0.3) is 0 Å². The van der Waals surface area contributed by atoms with Gasteiger partial charge in [0.25, 0.3) is 11.1 Å². The molecule has 0 radical (unpaired) electrons. The van der Waals surface area contributed by atoms with Gasteiger partial charge in [-0.05, 0) is 61.3 Å². The molecule has 0 saturated carbocycles. The molecule has 5 heterocycles. The normalized spacial score (nSPS) is 20.5. The number of nitrogens with one attached hydrogen (secondary N) is 3. The van der Waals surface area contributed by atoms with Gasteiger partial charge in [0.2, 0.25) is 0 Å². The van der Waals surface area contributed by atoms with Crippen molar-refractivity contribution in [2.24, 2.45) is 0 Å². The molecule has 0 aromatic carbocycles. The third-order valence-corrected chi connectivity index (χ3v) is 7.41. The number of amides is 2. The van der Waals surface area contributed by atoms with Gasteiger partial charge in [-0.15, -0.1) is 6.58 Å². The minimum Gasteiger partial charge on any atom is -0.444 e. The van der Waals surface area contributed by atoms with Crippen LogP contribution in [0.1, 0.15) is 78.7 Å². The van der Waals surface area contributed by atoms with Crippen molar-refractivity contribution in [1.29, 1.82) is 0 Å². The molecule has 1 spiro atoms. The number of hydrogen-bond donors (Lipinski definition) is 3. The van der Waals surface area contributed by atoms with Gasteiger partial charge in [0.15, 0.2) is 0 Å². The fraction of sp³-hybridized carbons (Fsp3) is 0.643. The van der Waals surface area contributed by atoms with Crippen molar-refractivity contribution in [2.75, 3.05) is 26.2 Å². The van der Waals surface area contributed by atoms with E-state index in [1.807, 2.05) is 46.2 Å². The predicted octanol–water partition coefficient (Wildman–Crippen LogP) is 3.40. The molecule has 0 bridgehead atoms.